The van der Waals surface area contributed by atoms with Gasteiger partial charge in [-0.05, 0) is 37.3 Å². The molecule has 1 atom stereocenters. The number of methoxy groups -OCH3 is 1. The number of halogens is 1. The second-order valence-corrected chi connectivity index (χ2v) is 11.1. The van der Waals surface area contributed by atoms with Crippen LogP contribution in [0.1, 0.15) is 45.6 Å². The summed E-state index contributed by atoms with van der Waals surface area (Å²) in [4.78, 5) is 27.9. The van der Waals surface area contributed by atoms with Crippen molar-refractivity contribution in [1.82, 2.24) is 9.62 Å². The number of fused-ring (bicyclic) bond motifs is 1. The molecule has 1 N–H and O–H groups in total. The molecular formula is C23H25FN2O5S2. The molecule has 2 heterocycles. The summed E-state index contributed by atoms with van der Waals surface area (Å²) in [5.74, 6) is -1.27. The van der Waals surface area contributed by atoms with E-state index in [9.17, 15) is 22.4 Å². The van der Waals surface area contributed by atoms with E-state index in [0.29, 0.717) is 29.8 Å². The van der Waals surface area contributed by atoms with Crippen LogP contribution in [0, 0.1) is 11.7 Å². The van der Waals surface area contributed by atoms with Gasteiger partial charge in [-0.2, -0.15) is 0 Å². The molecule has 0 saturated carbocycles. The Morgan fingerprint density at radius 1 is 1.27 bits per heavy atom. The van der Waals surface area contributed by atoms with Gasteiger partial charge < -0.3 is 9.64 Å². The van der Waals surface area contributed by atoms with Gasteiger partial charge in [0, 0.05) is 29.4 Å². The van der Waals surface area contributed by atoms with Crippen LogP contribution in [0.5, 0.6) is 0 Å². The van der Waals surface area contributed by atoms with Crippen molar-refractivity contribution in [3.05, 3.63) is 63.8 Å². The van der Waals surface area contributed by atoms with Crippen LogP contribution in [-0.4, -0.2) is 38.8 Å². The standard InChI is InChI=1S/C23H25FN2O5S2/c1-31-22(28)20-17-11-12-26(21(27)15-7-3-2-4-8-15)14-19(17)32-23(20)33(29,30)25-13-16-9-5-6-10-18(16)24/h2-3,5-6,9-10,15,25H,4,7-8,11-14H2,1H3/t15-/m0/s1. The van der Waals surface area contributed by atoms with E-state index in [0.717, 1.165) is 24.2 Å². The molecule has 7 nitrogen and oxygen atoms in total. The Hall–Kier alpha value is -2.56. The Balaban J connectivity index is 1.61. The zero-order chi connectivity index (χ0) is 23.6. The monoisotopic (exact) mass is 492 g/mol. The summed E-state index contributed by atoms with van der Waals surface area (Å²) < 4.78 is 47.3. The molecule has 0 unspecified atom stereocenters. The van der Waals surface area contributed by atoms with E-state index in [1.54, 1.807) is 11.0 Å². The predicted molar refractivity (Wildman–Crippen MR) is 122 cm³/mol. The largest absolute Gasteiger partial charge is 0.465 e. The second-order valence-electron chi connectivity index (χ2n) is 8.06. The van der Waals surface area contributed by atoms with Crippen LogP contribution in [0.3, 0.4) is 0 Å². The molecular weight excluding hydrogens is 467 g/mol. The van der Waals surface area contributed by atoms with Crippen LogP contribution in [-0.2, 0) is 39.1 Å². The van der Waals surface area contributed by atoms with Crippen LogP contribution in [0.15, 0.2) is 40.6 Å². The van der Waals surface area contributed by atoms with E-state index in [4.69, 9.17) is 4.74 Å². The smallest absolute Gasteiger partial charge is 0.340 e. The summed E-state index contributed by atoms with van der Waals surface area (Å²) >= 11 is 0.967. The van der Waals surface area contributed by atoms with Crippen molar-refractivity contribution in [2.45, 2.75) is 43.0 Å². The molecule has 0 radical (unpaired) electrons. The molecule has 1 aliphatic heterocycles. The number of benzene rings is 1. The maximum atomic E-state index is 13.9. The van der Waals surface area contributed by atoms with Crippen LogP contribution in [0.4, 0.5) is 4.39 Å². The summed E-state index contributed by atoms with van der Waals surface area (Å²) in [6.45, 7) is 0.415. The first-order chi connectivity index (χ1) is 15.8. The molecule has 1 aliphatic carbocycles. The number of ether oxygens (including phenoxy) is 1. The third kappa shape index (κ3) is 4.87. The van der Waals surface area contributed by atoms with Gasteiger partial charge in [0.2, 0.25) is 5.91 Å². The van der Waals surface area contributed by atoms with Gasteiger partial charge in [-0.3, -0.25) is 4.79 Å². The summed E-state index contributed by atoms with van der Waals surface area (Å²) in [5, 5.41) is 0. The highest BCUT2D eigenvalue weighted by Crippen LogP contribution is 2.37. The fourth-order valence-electron chi connectivity index (χ4n) is 4.22. The third-order valence-corrected chi connectivity index (χ3v) is 9.13. The molecule has 1 aromatic carbocycles. The molecule has 10 heteroatoms. The minimum absolute atomic E-state index is 0.00577. The SMILES string of the molecule is COC(=O)c1c(S(=O)(=O)NCc2ccccc2F)sc2c1CCN(C(=O)[C@H]1CC=CCC1)C2. The topological polar surface area (TPSA) is 92.8 Å². The Bertz CT molecular complexity index is 1210. The van der Waals surface area contributed by atoms with Crippen molar-refractivity contribution >= 4 is 33.2 Å². The van der Waals surface area contributed by atoms with Crippen LogP contribution < -0.4 is 4.72 Å². The molecule has 0 bridgehead atoms. The van der Waals surface area contributed by atoms with Gasteiger partial charge >= 0.3 is 5.97 Å². The van der Waals surface area contributed by atoms with Crippen LogP contribution in [0.25, 0.3) is 0 Å². The van der Waals surface area contributed by atoms with Gasteiger partial charge in [0.1, 0.15) is 10.0 Å². The number of rotatable bonds is 6. The van der Waals surface area contributed by atoms with Crippen molar-refractivity contribution < 1.29 is 27.1 Å². The molecule has 0 saturated heterocycles. The number of nitrogens with zero attached hydrogens (tertiary/aromatic N) is 1. The van der Waals surface area contributed by atoms with Gasteiger partial charge in [0.15, 0.2) is 0 Å². The van der Waals surface area contributed by atoms with E-state index in [1.807, 2.05) is 6.08 Å². The van der Waals surface area contributed by atoms with Crippen molar-refractivity contribution in [2.24, 2.45) is 5.92 Å². The number of thiophene rings is 1. The highest BCUT2D eigenvalue weighted by atomic mass is 32.2. The van der Waals surface area contributed by atoms with E-state index in [1.165, 1.54) is 25.3 Å². The first-order valence-electron chi connectivity index (χ1n) is 10.7. The van der Waals surface area contributed by atoms with Gasteiger partial charge in [-0.15, -0.1) is 11.3 Å². The first-order valence-corrected chi connectivity index (χ1v) is 13.0. The minimum Gasteiger partial charge on any atom is -0.465 e. The number of hydrogen-bond donors (Lipinski definition) is 1. The molecule has 33 heavy (non-hydrogen) atoms. The molecule has 0 fully saturated rings. The lowest BCUT2D eigenvalue weighted by molar-refractivity contribution is -0.136. The number of amides is 1. The normalized spacial score (nSPS) is 18.1. The number of carbonyl (C=O) groups is 2. The average molecular weight is 493 g/mol. The Kier molecular flexibility index (Phi) is 6.96. The van der Waals surface area contributed by atoms with Crippen LogP contribution in [0.2, 0.25) is 0 Å². The van der Waals surface area contributed by atoms with Gasteiger partial charge in [-0.25, -0.2) is 22.3 Å². The fourth-order valence-corrected chi connectivity index (χ4v) is 7.17. The highest BCUT2D eigenvalue weighted by molar-refractivity contribution is 7.91. The van der Waals surface area contributed by atoms with E-state index >= 15 is 0 Å². The van der Waals surface area contributed by atoms with Crippen molar-refractivity contribution in [1.29, 1.82) is 0 Å². The summed E-state index contributed by atoms with van der Waals surface area (Å²) in [7, 11) is -2.93. The van der Waals surface area contributed by atoms with Gasteiger partial charge in [0.05, 0.1) is 19.2 Å². The van der Waals surface area contributed by atoms with Crippen LogP contribution >= 0.6 is 11.3 Å². The quantitative estimate of drug-likeness (QED) is 0.493. The maximum absolute atomic E-state index is 13.9. The summed E-state index contributed by atoms with van der Waals surface area (Å²) in [5.41, 5.74) is 0.803. The summed E-state index contributed by atoms with van der Waals surface area (Å²) in [6.07, 6.45) is 6.85. The van der Waals surface area contributed by atoms with E-state index in [-0.39, 0.29) is 40.3 Å². The lowest BCUT2D eigenvalue weighted by atomic mass is 9.92. The highest BCUT2D eigenvalue weighted by Gasteiger charge is 2.36. The van der Waals surface area contributed by atoms with Gasteiger partial charge in [-0.1, -0.05) is 30.4 Å². The maximum Gasteiger partial charge on any atom is 0.340 e. The number of hydrogen-bond acceptors (Lipinski definition) is 6. The lowest BCUT2D eigenvalue weighted by Gasteiger charge is -2.31. The minimum atomic E-state index is -4.12. The fraction of sp³-hybridized carbons (Fsp3) is 0.391. The van der Waals surface area contributed by atoms with Crippen molar-refractivity contribution in [2.75, 3.05) is 13.7 Å². The number of sulfonamides is 1. The number of esters is 1. The van der Waals surface area contributed by atoms with Crippen molar-refractivity contribution in [3.63, 3.8) is 0 Å². The van der Waals surface area contributed by atoms with E-state index in [2.05, 4.69) is 10.8 Å². The zero-order valence-electron chi connectivity index (χ0n) is 18.2. The molecule has 2 aromatic rings. The number of nitrogens with one attached hydrogen (secondary N) is 1. The number of allylic oxidation sites excluding steroid dienone is 2. The average Bonchev–Trinajstić information content (AvgIpc) is 3.23. The third-order valence-electron chi connectivity index (χ3n) is 6.00. The summed E-state index contributed by atoms with van der Waals surface area (Å²) in [6, 6.07) is 5.88. The molecule has 2 aliphatic rings. The molecule has 1 aromatic heterocycles. The Morgan fingerprint density at radius 3 is 2.76 bits per heavy atom. The first kappa shape index (κ1) is 23.6. The molecule has 1 amide bonds. The lowest BCUT2D eigenvalue weighted by Crippen LogP contribution is -2.39. The number of carbonyl (C=O) groups excluding carboxylic acids is 2. The van der Waals surface area contributed by atoms with Gasteiger partial charge in [0.25, 0.3) is 10.0 Å². The van der Waals surface area contributed by atoms with E-state index < -0.39 is 21.8 Å². The Morgan fingerprint density at radius 2 is 2.06 bits per heavy atom. The zero-order valence-corrected chi connectivity index (χ0v) is 19.8. The molecule has 4 rings (SSSR count). The van der Waals surface area contributed by atoms with Crippen molar-refractivity contribution in [3.8, 4) is 0 Å². The molecule has 176 valence electrons. The Labute approximate surface area is 196 Å². The molecule has 0 spiro atoms. The second kappa shape index (κ2) is 9.74. The predicted octanol–water partition coefficient (Wildman–Crippen LogP) is 3.39.